The molecule has 20 heavy (non-hydrogen) atoms. The van der Waals surface area contributed by atoms with Gasteiger partial charge in [-0.3, -0.25) is 4.79 Å². The van der Waals surface area contributed by atoms with Crippen molar-refractivity contribution in [1.29, 1.82) is 0 Å². The molecule has 0 bridgehead atoms. The molecule has 0 radical (unpaired) electrons. The number of rotatable bonds is 2. The molecule has 5 nitrogen and oxygen atoms in total. The first-order chi connectivity index (χ1) is 9.77. The molecule has 0 N–H and O–H groups in total. The number of likely N-dealkylation sites (tertiary alicyclic amines) is 1. The van der Waals surface area contributed by atoms with Crippen molar-refractivity contribution in [2.45, 2.75) is 31.6 Å². The molecule has 1 aromatic heterocycles. The highest BCUT2D eigenvalue weighted by Crippen LogP contribution is 2.27. The number of ether oxygens (including phenoxy) is 2. The minimum Gasteiger partial charge on any atom is -0.348 e. The van der Waals surface area contributed by atoms with Gasteiger partial charge in [-0.15, -0.1) is 0 Å². The third kappa shape index (κ3) is 2.66. The number of halogens is 1. The molecule has 0 aromatic carbocycles. The molecule has 1 amide bonds. The van der Waals surface area contributed by atoms with E-state index in [2.05, 4.69) is 4.98 Å². The van der Waals surface area contributed by atoms with Gasteiger partial charge in [-0.1, -0.05) is 11.6 Å². The summed E-state index contributed by atoms with van der Waals surface area (Å²) in [6.07, 6.45) is 4.24. The number of carbonyl (C=O) groups is 1. The standard InChI is InChI=1S/C14H17ClN2O3/c15-12-10(4-3-6-16-12)13(18)17-7-2-1-5-11(17)14-19-8-9-20-14/h3-4,6,11,14H,1-2,5,7-9H2. The van der Waals surface area contributed by atoms with Crippen LogP contribution in [0, 0.1) is 0 Å². The largest absolute Gasteiger partial charge is 0.348 e. The van der Waals surface area contributed by atoms with Gasteiger partial charge in [-0.2, -0.15) is 0 Å². The Morgan fingerprint density at radius 3 is 2.90 bits per heavy atom. The monoisotopic (exact) mass is 296 g/mol. The zero-order valence-corrected chi connectivity index (χ0v) is 11.9. The van der Waals surface area contributed by atoms with E-state index in [4.69, 9.17) is 21.1 Å². The van der Waals surface area contributed by atoms with Gasteiger partial charge in [0.15, 0.2) is 6.29 Å². The predicted molar refractivity (Wildman–Crippen MR) is 73.6 cm³/mol. The van der Waals surface area contributed by atoms with Crippen LogP contribution in [0.5, 0.6) is 0 Å². The Hall–Kier alpha value is -1.17. The molecular weight excluding hydrogens is 280 g/mol. The van der Waals surface area contributed by atoms with Gasteiger partial charge in [-0.05, 0) is 31.4 Å². The summed E-state index contributed by atoms with van der Waals surface area (Å²) in [5.74, 6) is -0.0908. The molecule has 6 heteroatoms. The quantitative estimate of drug-likeness (QED) is 0.784. The van der Waals surface area contributed by atoms with Gasteiger partial charge in [0.25, 0.3) is 5.91 Å². The predicted octanol–water partition coefficient (Wildman–Crippen LogP) is 2.10. The Morgan fingerprint density at radius 2 is 2.15 bits per heavy atom. The summed E-state index contributed by atoms with van der Waals surface area (Å²) in [6.45, 7) is 1.89. The first-order valence-electron chi connectivity index (χ1n) is 6.92. The fourth-order valence-electron chi connectivity index (χ4n) is 2.79. The number of aromatic nitrogens is 1. The van der Waals surface area contributed by atoms with E-state index in [1.807, 2.05) is 4.90 Å². The molecule has 3 heterocycles. The van der Waals surface area contributed by atoms with Gasteiger partial charge < -0.3 is 14.4 Å². The van der Waals surface area contributed by atoms with Crippen LogP contribution < -0.4 is 0 Å². The van der Waals surface area contributed by atoms with Crippen LogP contribution in [0.3, 0.4) is 0 Å². The topological polar surface area (TPSA) is 51.7 Å². The van der Waals surface area contributed by atoms with Gasteiger partial charge in [0.2, 0.25) is 0 Å². The third-order valence-corrected chi connectivity index (χ3v) is 4.06. The SMILES string of the molecule is O=C(c1cccnc1Cl)N1CCCCC1C1OCCO1. The maximum absolute atomic E-state index is 12.7. The van der Waals surface area contributed by atoms with Gasteiger partial charge in [0.1, 0.15) is 5.15 Å². The lowest BCUT2D eigenvalue weighted by Gasteiger charge is -2.38. The summed E-state index contributed by atoms with van der Waals surface area (Å²) in [7, 11) is 0. The number of nitrogens with zero attached hydrogens (tertiary/aromatic N) is 2. The van der Waals surface area contributed by atoms with Crippen LogP contribution in [0.15, 0.2) is 18.3 Å². The number of carbonyl (C=O) groups excluding carboxylic acids is 1. The summed E-state index contributed by atoms with van der Waals surface area (Å²) < 4.78 is 11.1. The van der Waals surface area contributed by atoms with Crippen LogP contribution in [0.25, 0.3) is 0 Å². The van der Waals surface area contributed by atoms with Crippen LogP contribution >= 0.6 is 11.6 Å². The Kier molecular flexibility index (Phi) is 4.19. The van der Waals surface area contributed by atoms with Crippen molar-refractivity contribution in [2.75, 3.05) is 19.8 Å². The fourth-order valence-corrected chi connectivity index (χ4v) is 2.99. The minimum absolute atomic E-state index is 0.0324. The number of amides is 1. The lowest BCUT2D eigenvalue weighted by Crippen LogP contribution is -2.50. The maximum Gasteiger partial charge on any atom is 0.257 e. The van der Waals surface area contributed by atoms with Crippen LogP contribution in [0.2, 0.25) is 5.15 Å². The van der Waals surface area contributed by atoms with Crippen molar-refractivity contribution < 1.29 is 14.3 Å². The molecule has 2 aliphatic rings. The second kappa shape index (κ2) is 6.08. The molecule has 108 valence electrons. The van der Waals surface area contributed by atoms with Crippen LogP contribution in [0.4, 0.5) is 0 Å². The van der Waals surface area contributed by atoms with E-state index in [1.54, 1.807) is 18.3 Å². The van der Waals surface area contributed by atoms with E-state index in [1.165, 1.54) is 0 Å². The summed E-state index contributed by atoms with van der Waals surface area (Å²) in [5, 5.41) is 0.245. The highest BCUT2D eigenvalue weighted by Gasteiger charge is 2.37. The fraction of sp³-hybridized carbons (Fsp3) is 0.571. The van der Waals surface area contributed by atoms with Gasteiger partial charge in [0.05, 0.1) is 24.8 Å². The van der Waals surface area contributed by atoms with E-state index in [0.29, 0.717) is 25.3 Å². The lowest BCUT2D eigenvalue weighted by molar-refractivity contribution is -0.100. The van der Waals surface area contributed by atoms with E-state index in [9.17, 15) is 4.79 Å². The molecule has 2 saturated heterocycles. The molecule has 0 spiro atoms. The summed E-state index contributed by atoms with van der Waals surface area (Å²) in [6, 6.07) is 3.40. The Labute approximate surface area is 122 Å². The zero-order chi connectivity index (χ0) is 13.9. The third-order valence-electron chi connectivity index (χ3n) is 3.76. The average molecular weight is 297 g/mol. The zero-order valence-electron chi connectivity index (χ0n) is 11.1. The Morgan fingerprint density at radius 1 is 1.35 bits per heavy atom. The number of hydrogen-bond donors (Lipinski definition) is 0. The molecule has 1 unspecified atom stereocenters. The maximum atomic E-state index is 12.7. The van der Waals surface area contributed by atoms with Gasteiger partial charge >= 0.3 is 0 Å². The Bertz CT molecular complexity index is 491. The first kappa shape index (κ1) is 13.8. The van der Waals surface area contributed by atoms with Crippen LogP contribution in [-0.4, -0.2) is 47.9 Å². The second-order valence-corrected chi connectivity index (χ2v) is 5.37. The molecule has 3 rings (SSSR count). The van der Waals surface area contributed by atoms with Crippen molar-refractivity contribution in [2.24, 2.45) is 0 Å². The molecule has 1 aromatic rings. The van der Waals surface area contributed by atoms with Crippen molar-refractivity contribution >= 4 is 17.5 Å². The first-order valence-corrected chi connectivity index (χ1v) is 7.30. The Balaban J connectivity index is 1.82. The van der Waals surface area contributed by atoms with Crippen molar-refractivity contribution in [1.82, 2.24) is 9.88 Å². The van der Waals surface area contributed by atoms with E-state index >= 15 is 0 Å². The van der Waals surface area contributed by atoms with Crippen molar-refractivity contribution in [3.8, 4) is 0 Å². The van der Waals surface area contributed by atoms with E-state index in [-0.39, 0.29) is 23.4 Å². The normalized spacial score (nSPS) is 24.1. The van der Waals surface area contributed by atoms with Gasteiger partial charge in [0, 0.05) is 12.7 Å². The molecule has 2 fully saturated rings. The molecule has 1 atom stereocenters. The van der Waals surface area contributed by atoms with Crippen LogP contribution in [0.1, 0.15) is 29.6 Å². The number of pyridine rings is 1. The van der Waals surface area contributed by atoms with E-state index < -0.39 is 0 Å². The van der Waals surface area contributed by atoms with E-state index in [0.717, 1.165) is 19.3 Å². The average Bonchev–Trinajstić information content (AvgIpc) is 3.01. The van der Waals surface area contributed by atoms with Crippen molar-refractivity contribution in [3.05, 3.63) is 29.0 Å². The highest BCUT2D eigenvalue weighted by atomic mass is 35.5. The summed E-state index contributed by atoms with van der Waals surface area (Å²) in [4.78, 5) is 18.5. The minimum atomic E-state index is -0.310. The summed E-state index contributed by atoms with van der Waals surface area (Å²) in [5.41, 5.74) is 0.444. The van der Waals surface area contributed by atoms with Crippen LogP contribution in [-0.2, 0) is 9.47 Å². The molecular formula is C14H17ClN2O3. The summed E-state index contributed by atoms with van der Waals surface area (Å²) >= 11 is 6.02. The molecule has 0 aliphatic carbocycles. The number of hydrogen-bond acceptors (Lipinski definition) is 4. The van der Waals surface area contributed by atoms with Crippen molar-refractivity contribution in [3.63, 3.8) is 0 Å². The van der Waals surface area contributed by atoms with Gasteiger partial charge in [-0.25, -0.2) is 4.98 Å². The lowest BCUT2D eigenvalue weighted by atomic mass is 10.0. The second-order valence-electron chi connectivity index (χ2n) is 5.01. The highest BCUT2D eigenvalue weighted by molar-refractivity contribution is 6.32. The molecule has 2 aliphatic heterocycles. The number of piperidine rings is 1. The molecule has 0 saturated carbocycles. The smallest absolute Gasteiger partial charge is 0.257 e.